The second-order valence-corrected chi connectivity index (χ2v) is 8.23. The van der Waals surface area contributed by atoms with Gasteiger partial charge < -0.3 is 5.32 Å². The first-order valence-corrected chi connectivity index (χ1v) is 10.4. The van der Waals surface area contributed by atoms with E-state index in [-0.39, 0.29) is 11.9 Å². The second-order valence-electron chi connectivity index (χ2n) is 6.34. The van der Waals surface area contributed by atoms with Gasteiger partial charge >= 0.3 is 0 Å². The van der Waals surface area contributed by atoms with E-state index < -0.39 is 0 Å². The fraction of sp³-hybridized carbons (Fsp3) is 0.316. The van der Waals surface area contributed by atoms with Gasteiger partial charge in [-0.15, -0.1) is 21.5 Å². The fourth-order valence-electron chi connectivity index (χ4n) is 2.33. The molecule has 2 aromatic heterocycles. The molecule has 5 nitrogen and oxygen atoms in total. The van der Waals surface area contributed by atoms with Crippen molar-refractivity contribution in [1.82, 2.24) is 20.1 Å². The molecule has 26 heavy (non-hydrogen) atoms. The van der Waals surface area contributed by atoms with Gasteiger partial charge in [-0.05, 0) is 36.4 Å². The summed E-state index contributed by atoms with van der Waals surface area (Å²) in [5.74, 6) is 1.52. The average Bonchev–Trinajstić information content (AvgIpc) is 3.29. The number of para-hydroxylation sites is 1. The summed E-state index contributed by atoms with van der Waals surface area (Å²) in [6, 6.07) is 14.2. The van der Waals surface area contributed by atoms with Crippen LogP contribution in [0, 0.1) is 5.92 Å². The number of hydrogen-bond acceptors (Lipinski definition) is 5. The van der Waals surface area contributed by atoms with Crippen LogP contribution in [0.5, 0.6) is 0 Å². The van der Waals surface area contributed by atoms with Crippen molar-refractivity contribution in [2.75, 3.05) is 5.75 Å². The number of carbonyl (C=O) groups excluding carboxylic acids is 1. The molecule has 3 aromatic rings. The van der Waals surface area contributed by atoms with Gasteiger partial charge in [0, 0.05) is 11.7 Å². The Labute approximate surface area is 161 Å². The van der Waals surface area contributed by atoms with E-state index in [0.29, 0.717) is 16.8 Å². The minimum Gasteiger partial charge on any atom is -0.353 e. The Hall–Kier alpha value is -2.12. The van der Waals surface area contributed by atoms with Crippen LogP contribution in [0.3, 0.4) is 0 Å². The Morgan fingerprint density at radius 3 is 2.58 bits per heavy atom. The van der Waals surface area contributed by atoms with Crippen LogP contribution in [0.15, 0.2) is 53.0 Å². The molecule has 0 radical (unpaired) electrons. The summed E-state index contributed by atoms with van der Waals surface area (Å²) in [4.78, 5) is 13.3. The van der Waals surface area contributed by atoms with Crippen LogP contribution in [0.1, 0.15) is 20.8 Å². The molecule has 7 heteroatoms. The number of rotatable bonds is 7. The van der Waals surface area contributed by atoms with E-state index in [1.165, 1.54) is 11.8 Å². The number of nitrogens with zero attached hydrogens (tertiary/aromatic N) is 3. The third-order valence-corrected chi connectivity index (χ3v) is 5.91. The number of amides is 1. The van der Waals surface area contributed by atoms with Gasteiger partial charge in [-0.1, -0.05) is 49.9 Å². The van der Waals surface area contributed by atoms with Gasteiger partial charge in [0.15, 0.2) is 11.0 Å². The van der Waals surface area contributed by atoms with Crippen LogP contribution in [-0.2, 0) is 4.79 Å². The summed E-state index contributed by atoms with van der Waals surface area (Å²) in [7, 11) is 0. The first-order valence-electron chi connectivity index (χ1n) is 8.53. The van der Waals surface area contributed by atoms with Crippen molar-refractivity contribution in [3.05, 3.63) is 47.8 Å². The van der Waals surface area contributed by atoms with Crippen LogP contribution < -0.4 is 5.32 Å². The van der Waals surface area contributed by atoms with Crippen molar-refractivity contribution in [3.8, 4) is 16.4 Å². The van der Waals surface area contributed by atoms with Crippen molar-refractivity contribution in [2.24, 2.45) is 5.92 Å². The third kappa shape index (κ3) is 4.34. The van der Waals surface area contributed by atoms with Crippen molar-refractivity contribution < 1.29 is 4.79 Å². The van der Waals surface area contributed by atoms with E-state index in [9.17, 15) is 4.79 Å². The average molecular weight is 387 g/mol. The summed E-state index contributed by atoms with van der Waals surface area (Å²) >= 11 is 3.03. The fourth-order valence-corrected chi connectivity index (χ4v) is 3.79. The SMILES string of the molecule is CC(C)[C@@H](C)NC(=O)CSc1nnc(-c2cccs2)n1-c1ccccc1. The number of thioether (sulfide) groups is 1. The van der Waals surface area contributed by atoms with Crippen molar-refractivity contribution >= 4 is 29.0 Å². The van der Waals surface area contributed by atoms with Crippen LogP contribution in [0.25, 0.3) is 16.4 Å². The summed E-state index contributed by atoms with van der Waals surface area (Å²) in [5, 5.41) is 14.5. The lowest BCUT2D eigenvalue weighted by atomic mass is 10.1. The van der Waals surface area contributed by atoms with Crippen LogP contribution >= 0.6 is 23.1 Å². The number of thiophene rings is 1. The van der Waals surface area contributed by atoms with E-state index in [4.69, 9.17) is 0 Å². The maximum Gasteiger partial charge on any atom is 0.230 e. The quantitative estimate of drug-likeness (QED) is 0.617. The highest BCUT2D eigenvalue weighted by Gasteiger charge is 2.18. The van der Waals surface area contributed by atoms with Crippen molar-refractivity contribution in [2.45, 2.75) is 32.0 Å². The monoisotopic (exact) mass is 386 g/mol. The van der Waals surface area contributed by atoms with Crippen LogP contribution in [0.2, 0.25) is 0 Å². The largest absolute Gasteiger partial charge is 0.353 e. The number of nitrogens with one attached hydrogen (secondary N) is 1. The molecule has 0 aliphatic heterocycles. The van der Waals surface area contributed by atoms with Crippen LogP contribution in [-0.4, -0.2) is 32.5 Å². The summed E-state index contributed by atoms with van der Waals surface area (Å²) in [6.45, 7) is 6.21. The molecule has 136 valence electrons. The van der Waals surface area contributed by atoms with Gasteiger partial charge in [0.25, 0.3) is 0 Å². The zero-order valence-corrected chi connectivity index (χ0v) is 16.7. The molecule has 0 aliphatic carbocycles. The zero-order valence-electron chi connectivity index (χ0n) is 15.0. The Bertz CT molecular complexity index is 844. The molecule has 0 spiro atoms. The highest BCUT2D eigenvalue weighted by Crippen LogP contribution is 2.30. The number of benzene rings is 1. The molecule has 1 atom stereocenters. The third-order valence-electron chi connectivity index (χ3n) is 4.11. The van der Waals surface area contributed by atoms with E-state index in [2.05, 4.69) is 29.4 Å². The smallest absolute Gasteiger partial charge is 0.230 e. The summed E-state index contributed by atoms with van der Waals surface area (Å²) in [6.07, 6.45) is 0. The summed E-state index contributed by atoms with van der Waals surface area (Å²) in [5.41, 5.74) is 0.986. The predicted molar refractivity (Wildman–Crippen MR) is 108 cm³/mol. The molecule has 1 aromatic carbocycles. The van der Waals surface area contributed by atoms with Gasteiger partial charge in [-0.2, -0.15) is 0 Å². The highest BCUT2D eigenvalue weighted by atomic mass is 32.2. The first kappa shape index (κ1) is 18.7. The lowest BCUT2D eigenvalue weighted by Gasteiger charge is -2.17. The molecule has 0 saturated heterocycles. The van der Waals surface area contributed by atoms with E-state index in [1.54, 1.807) is 11.3 Å². The van der Waals surface area contributed by atoms with E-state index in [1.807, 2.05) is 59.3 Å². The second kappa shape index (κ2) is 8.51. The normalized spacial score (nSPS) is 12.3. The summed E-state index contributed by atoms with van der Waals surface area (Å²) < 4.78 is 2.01. The molecule has 1 amide bonds. The van der Waals surface area contributed by atoms with Crippen LogP contribution in [0.4, 0.5) is 0 Å². The maximum atomic E-state index is 12.2. The van der Waals surface area contributed by atoms with Gasteiger partial charge in [0.05, 0.1) is 10.6 Å². The number of carbonyl (C=O) groups is 1. The van der Waals surface area contributed by atoms with Gasteiger partial charge in [0.1, 0.15) is 0 Å². The van der Waals surface area contributed by atoms with Crippen molar-refractivity contribution in [1.29, 1.82) is 0 Å². The molecular formula is C19H22N4OS2. The Morgan fingerprint density at radius 2 is 1.92 bits per heavy atom. The minimum absolute atomic E-state index is 0.0106. The topological polar surface area (TPSA) is 59.8 Å². The molecule has 3 rings (SSSR count). The van der Waals surface area contributed by atoms with E-state index >= 15 is 0 Å². The first-order chi connectivity index (χ1) is 12.6. The standard InChI is InChI=1S/C19H22N4OS2/c1-13(2)14(3)20-17(24)12-26-19-22-21-18(16-10-7-11-25-16)23(19)15-8-5-4-6-9-15/h4-11,13-14H,12H2,1-3H3,(H,20,24)/t14-/m1/s1. The molecule has 1 N–H and O–H groups in total. The molecule has 0 unspecified atom stereocenters. The van der Waals surface area contributed by atoms with Gasteiger partial charge in [0.2, 0.25) is 5.91 Å². The Kier molecular flexibility index (Phi) is 6.11. The lowest BCUT2D eigenvalue weighted by molar-refractivity contribution is -0.119. The number of hydrogen-bond donors (Lipinski definition) is 1. The lowest BCUT2D eigenvalue weighted by Crippen LogP contribution is -2.37. The Morgan fingerprint density at radius 1 is 1.15 bits per heavy atom. The molecule has 0 saturated carbocycles. The predicted octanol–water partition coefficient (Wildman–Crippen LogP) is 4.25. The molecule has 0 fully saturated rings. The van der Waals surface area contributed by atoms with E-state index in [0.717, 1.165) is 16.4 Å². The van der Waals surface area contributed by atoms with Gasteiger partial charge in [-0.3, -0.25) is 9.36 Å². The van der Waals surface area contributed by atoms with Crippen molar-refractivity contribution in [3.63, 3.8) is 0 Å². The molecule has 0 bridgehead atoms. The zero-order chi connectivity index (χ0) is 18.5. The van der Waals surface area contributed by atoms with Gasteiger partial charge in [-0.25, -0.2) is 0 Å². The minimum atomic E-state index is 0.0106. The molecule has 0 aliphatic rings. The highest BCUT2D eigenvalue weighted by molar-refractivity contribution is 7.99. The molecular weight excluding hydrogens is 364 g/mol. The number of aromatic nitrogens is 3. The maximum absolute atomic E-state index is 12.2. The molecule has 2 heterocycles. The Balaban J connectivity index is 1.83.